The highest BCUT2D eigenvalue weighted by Gasteiger charge is 2.27. The van der Waals surface area contributed by atoms with Crippen LogP contribution in [-0.4, -0.2) is 51.8 Å². The molecule has 146 valence electrons. The predicted molar refractivity (Wildman–Crippen MR) is 96.4 cm³/mol. The summed E-state index contributed by atoms with van der Waals surface area (Å²) in [6, 6.07) is 3.90. The zero-order chi connectivity index (χ0) is 20.0. The van der Waals surface area contributed by atoms with Gasteiger partial charge in [0.05, 0.1) is 11.5 Å². The van der Waals surface area contributed by atoms with Gasteiger partial charge in [0.2, 0.25) is 5.91 Å². The maximum Gasteiger partial charge on any atom is 0.303 e. The fourth-order valence-corrected chi connectivity index (χ4v) is 3.28. The number of piperidine rings is 1. The molecule has 1 aromatic carbocycles. The van der Waals surface area contributed by atoms with Gasteiger partial charge in [-0.25, -0.2) is 0 Å². The number of rotatable bonds is 7. The number of aliphatic carboxylic acids is 1. The second-order valence-corrected chi connectivity index (χ2v) is 6.61. The Morgan fingerprint density at radius 2 is 2.07 bits per heavy atom. The minimum atomic E-state index is -0.894. The molecular weight excluding hydrogens is 354 g/mol. The van der Waals surface area contributed by atoms with E-state index in [-0.39, 0.29) is 36.2 Å². The van der Waals surface area contributed by atoms with E-state index >= 15 is 0 Å². The molecule has 27 heavy (non-hydrogen) atoms. The van der Waals surface area contributed by atoms with Crippen LogP contribution in [0.4, 0.5) is 5.69 Å². The van der Waals surface area contributed by atoms with E-state index < -0.39 is 16.8 Å². The largest absolute Gasteiger partial charge is 0.481 e. The Balaban J connectivity index is 1.95. The van der Waals surface area contributed by atoms with Gasteiger partial charge in [-0.15, -0.1) is 0 Å². The van der Waals surface area contributed by atoms with Crippen LogP contribution < -0.4 is 5.32 Å². The standard InChI is InChI=1S/C18H23N3O6/c1-12-10-13(5-7-15(12)21(26)27)18(25)19-11-16(22)20-9-3-2-4-14(20)6-8-17(23)24/h5,7,10,14H,2-4,6,8-9,11H2,1H3,(H,19,25)(H,23,24). The zero-order valence-corrected chi connectivity index (χ0v) is 15.1. The number of likely N-dealkylation sites (tertiary alicyclic amines) is 1. The molecule has 0 spiro atoms. The number of aryl methyl sites for hydroxylation is 1. The SMILES string of the molecule is Cc1cc(C(=O)NCC(=O)N2CCCCC2CCC(=O)O)ccc1[N+](=O)[O-]. The molecule has 0 bridgehead atoms. The van der Waals surface area contributed by atoms with Gasteiger partial charge in [0.15, 0.2) is 0 Å². The van der Waals surface area contributed by atoms with Crippen LogP contribution in [0.1, 0.15) is 48.0 Å². The molecule has 1 saturated heterocycles. The second-order valence-electron chi connectivity index (χ2n) is 6.61. The Hall–Kier alpha value is -2.97. The highest BCUT2D eigenvalue weighted by Crippen LogP contribution is 2.21. The van der Waals surface area contributed by atoms with Crippen LogP contribution in [0.3, 0.4) is 0 Å². The highest BCUT2D eigenvalue weighted by molar-refractivity contribution is 5.96. The second kappa shape index (κ2) is 9.11. The van der Waals surface area contributed by atoms with Crippen LogP contribution >= 0.6 is 0 Å². The third-order valence-electron chi connectivity index (χ3n) is 4.69. The Morgan fingerprint density at radius 1 is 1.33 bits per heavy atom. The molecule has 0 aliphatic carbocycles. The molecule has 1 aliphatic heterocycles. The number of nitro groups is 1. The minimum absolute atomic E-state index is 0.00285. The smallest absolute Gasteiger partial charge is 0.303 e. The number of hydrogen-bond acceptors (Lipinski definition) is 5. The average Bonchev–Trinajstić information content (AvgIpc) is 2.63. The first kappa shape index (κ1) is 20.3. The first-order valence-electron chi connectivity index (χ1n) is 8.84. The van der Waals surface area contributed by atoms with Crippen molar-refractivity contribution in [1.29, 1.82) is 0 Å². The Bertz CT molecular complexity index is 749. The van der Waals surface area contributed by atoms with Crippen molar-refractivity contribution >= 4 is 23.5 Å². The third-order valence-corrected chi connectivity index (χ3v) is 4.69. The number of benzene rings is 1. The number of carbonyl (C=O) groups excluding carboxylic acids is 2. The lowest BCUT2D eigenvalue weighted by atomic mass is 9.98. The molecule has 1 aliphatic rings. The van der Waals surface area contributed by atoms with Crippen LogP contribution in [0.5, 0.6) is 0 Å². The van der Waals surface area contributed by atoms with Gasteiger partial charge in [-0.2, -0.15) is 0 Å². The predicted octanol–water partition coefficient (Wildman–Crippen LogP) is 1.88. The van der Waals surface area contributed by atoms with Gasteiger partial charge < -0.3 is 15.3 Å². The zero-order valence-electron chi connectivity index (χ0n) is 15.1. The van der Waals surface area contributed by atoms with Crippen molar-refractivity contribution in [3.8, 4) is 0 Å². The van der Waals surface area contributed by atoms with Crippen molar-refractivity contribution in [2.45, 2.75) is 45.1 Å². The van der Waals surface area contributed by atoms with Gasteiger partial charge in [0.25, 0.3) is 11.6 Å². The van der Waals surface area contributed by atoms with E-state index in [2.05, 4.69) is 5.32 Å². The first-order valence-corrected chi connectivity index (χ1v) is 8.84. The molecule has 0 aromatic heterocycles. The molecule has 1 aromatic rings. The Labute approximate surface area is 156 Å². The number of hydrogen-bond donors (Lipinski definition) is 2. The molecule has 2 amide bonds. The normalized spacial score (nSPS) is 16.6. The lowest BCUT2D eigenvalue weighted by molar-refractivity contribution is -0.385. The quantitative estimate of drug-likeness (QED) is 0.551. The topological polar surface area (TPSA) is 130 Å². The summed E-state index contributed by atoms with van der Waals surface area (Å²) >= 11 is 0. The number of amides is 2. The van der Waals surface area contributed by atoms with Crippen molar-refractivity contribution in [3.05, 3.63) is 39.4 Å². The lowest BCUT2D eigenvalue weighted by Crippen LogP contribution is -2.48. The molecule has 1 heterocycles. The van der Waals surface area contributed by atoms with Gasteiger partial charge in [0, 0.05) is 36.2 Å². The summed E-state index contributed by atoms with van der Waals surface area (Å²) < 4.78 is 0. The van der Waals surface area contributed by atoms with E-state index in [4.69, 9.17) is 5.11 Å². The Kier molecular flexibility index (Phi) is 6.86. The first-order chi connectivity index (χ1) is 12.8. The van der Waals surface area contributed by atoms with Crippen LogP contribution in [0.25, 0.3) is 0 Å². The number of carbonyl (C=O) groups is 3. The van der Waals surface area contributed by atoms with Gasteiger partial charge >= 0.3 is 5.97 Å². The van der Waals surface area contributed by atoms with Gasteiger partial charge in [0.1, 0.15) is 0 Å². The molecule has 1 atom stereocenters. The number of carboxylic acid groups (broad SMARTS) is 1. The van der Waals surface area contributed by atoms with Crippen molar-refractivity contribution in [3.63, 3.8) is 0 Å². The molecule has 0 radical (unpaired) electrons. The lowest BCUT2D eigenvalue weighted by Gasteiger charge is -2.35. The van der Waals surface area contributed by atoms with Crippen LogP contribution in [0.2, 0.25) is 0 Å². The number of nitro benzene ring substituents is 1. The highest BCUT2D eigenvalue weighted by atomic mass is 16.6. The molecule has 1 unspecified atom stereocenters. The molecule has 2 rings (SSSR count). The number of nitrogens with one attached hydrogen (secondary N) is 1. The van der Waals surface area contributed by atoms with E-state index in [0.717, 1.165) is 19.3 Å². The number of nitrogens with zero attached hydrogens (tertiary/aromatic N) is 2. The minimum Gasteiger partial charge on any atom is -0.481 e. The fraction of sp³-hybridized carbons (Fsp3) is 0.500. The molecule has 1 fully saturated rings. The van der Waals surface area contributed by atoms with Gasteiger partial charge in [-0.05, 0) is 44.7 Å². The molecule has 9 heteroatoms. The maximum absolute atomic E-state index is 12.5. The summed E-state index contributed by atoms with van der Waals surface area (Å²) in [6.07, 6.45) is 2.96. The summed E-state index contributed by atoms with van der Waals surface area (Å²) in [7, 11) is 0. The molecule has 0 saturated carbocycles. The Morgan fingerprint density at radius 3 is 2.70 bits per heavy atom. The van der Waals surface area contributed by atoms with E-state index in [1.165, 1.54) is 18.2 Å². The summed E-state index contributed by atoms with van der Waals surface area (Å²) in [5.74, 6) is -1.63. The average molecular weight is 377 g/mol. The van der Waals surface area contributed by atoms with Crippen LogP contribution in [0.15, 0.2) is 18.2 Å². The summed E-state index contributed by atoms with van der Waals surface area (Å²) in [5, 5.41) is 22.2. The third kappa shape index (κ3) is 5.50. The molecular formula is C18H23N3O6. The maximum atomic E-state index is 12.5. The monoisotopic (exact) mass is 377 g/mol. The van der Waals surface area contributed by atoms with Crippen LogP contribution in [-0.2, 0) is 9.59 Å². The summed E-state index contributed by atoms with van der Waals surface area (Å²) in [6.45, 7) is 1.90. The summed E-state index contributed by atoms with van der Waals surface area (Å²) in [4.78, 5) is 47.5. The van der Waals surface area contributed by atoms with E-state index in [1.54, 1.807) is 11.8 Å². The van der Waals surface area contributed by atoms with E-state index in [1.807, 2.05) is 0 Å². The van der Waals surface area contributed by atoms with Crippen molar-refractivity contribution in [1.82, 2.24) is 10.2 Å². The van der Waals surface area contributed by atoms with Crippen molar-refractivity contribution in [2.24, 2.45) is 0 Å². The fourth-order valence-electron chi connectivity index (χ4n) is 3.28. The molecule has 2 N–H and O–H groups in total. The molecule has 9 nitrogen and oxygen atoms in total. The summed E-state index contributed by atoms with van der Waals surface area (Å²) in [5.41, 5.74) is 0.535. The van der Waals surface area contributed by atoms with Crippen LogP contribution in [0, 0.1) is 17.0 Å². The number of carboxylic acids is 1. The van der Waals surface area contributed by atoms with Gasteiger partial charge in [-0.3, -0.25) is 24.5 Å². The van der Waals surface area contributed by atoms with Crippen molar-refractivity contribution in [2.75, 3.05) is 13.1 Å². The van der Waals surface area contributed by atoms with E-state index in [9.17, 15) is 24.5 Å². The van der Waals surface area contributed by atoms with Crippen molar-refractivity contribution < 1.29 is 24.4 Å². The van der Waals surface area contributed by atoms with E-state index in [0.29, 0.717) is 18.5 Å². The van der Waals surface area contributed by atoms with Gasteiger partial charge in [-0.1, -0.05) is 0 Å².